The van der Waals surface area contributed by atoms with Gasteiger partial charge in [-0.25, -0.2) is 9.97 Å². The van der Waals surface area contributed by atoms with Crippen molar-refractivity contribution in [2.75, 3.05) is 0 Å². The summed E-state index contributed by atoms with van der Waals surface area (Å²) in [6, 6.07) is 21.1. The highest BCUT2D eigenvalue weighted by atomic mass is 19.4. The fourth-order valence-electron chi connectivity index (χ4n) is 5.66. The van der Waals surface area contributed by atoms with Crippen LogP contribution in [0.4, 0.5) is 26.3 Å². The van der Waals surface area contributed by atoms with Crippen LogP contribution in [0.15, 0.2) is 95.0 Å². The van der Waals surface area contributed by atoms with Gasteiger partial charge in [-0.15, -0.1) is 31.3 Å². The highest BCUT2D eigenvalue weighted by molar-refractivity contribution is 6.15. The van der Waals surface area contributed by atoms with Crippen LogP contribution in [0.1, 0.15) is 0 Å². The van der Waals surface area contributed by atoms with Crippen molar-refractivity contribution in [2.45, 2.75) is 12.7 Å². The lowest BCUT2D eigenvalue weighted by atomic mass is 10.0. The van der Waals surface area contributed by atoms with Gasteiger partial charge in [0.05, 0.1) is 16.1 Å². The van der Waals surface area contributed by atoms with Gasteiger partial charge in [-0.1, -0.05) is 48.5 Å². The minimum Gasteiger partial charge on any atom is -0.406 e. The van der Waals surface area contributed by atoms with Crippen LogP contribution < -0.4 is 20.2 Å². The smallest absolute Gasteiger partial charge is 0.406 e. The summed E-state index contributed by atoms with van der Waals surface area (Å²) in [4.78, 5) is 16.9. The van der Waals surface area contributed by atoms with Crippen LogP contribution in [0, 0.1) is 18.0 Å². The predicted molar refractivity (Wildman–Crippen MR) is 162 cm³/mol. The van der Waals surface area contributed by atoms with Gasteiger partial charge >= 0.3 is 12.7 Å². The molecule has 0 aliphatic heterocycles. The number of benzene rings is 4. The van der Waals surface area contributed by atoms with E-state index in [4.69, 9.17) is 16.5 Å². The summed E-state index contributed by atoms with van der Waals surface area (Å²) in [6.07, 6.45) is -7.84. The Bertz CT molecular complexity index is 2420. The molecule has 1 aromatic heterocycles. The van der Waals surface area contributed by atoms with Crippen molar-refractivity contribution in [2.24, 2.45) is 10.1 Å². The molecule has 14 heteroatoms. The van der Waals surface area contributed by atoms with E-state index in [0.717, 1.165) is 0 Å². The fraction of sp³-hybridized carbons (Fsp3) is 0.0588. The van der Waals surface area contributed by atoms with Gasteiger partial charge in [-0.2, -0.15) is 16.8 Å². The number of hydrogen-bond acceptors (Lipinski definition) is 7. The first-order chi connectivity index (χ1) is 22.9. The Kier molecular flexibility index (Phi) is 6.95. The topological polar surface area (TPSA) is 97.1 Å². The van der Waals surface area contributed by atoms with E-state index < -0.39 is 12.7 Å². The molecule has 0 radical (unpaired) electrons. The van der Waals surface area contributed by atoms with Crippen molar-refractivity contribution < 1.29 is 35.8 Å². The fourth-order valence-corrected chi connectivity index (χ4v) is 5.66. The van der Waals surface area contributed by atoms with Crippen LogP contribution in [-0.2, 0) is 0 Å². The number of nitriles is 1. The highest BCUT2D eigenvalue weighted by Gasteiger charge is 2.31. The van der Waals surface area contributed by atoms with Crippen LogP contribution in [-0.4, -0.2) is 22.7 Å². The molecule has 0 aliphatic rings. The van der Waals surface area contributed by atoms with Crippen LogP contribution in [0.25, 0.3) is 70.8 Å². The van der Waals surface area contributed by atoms with Crippen LogP contribution >= 0.6 is 0 Å². The molecule has 0 spiro atoms. The Morgan fingerprint density at radius 3 is 1.42 bits per heavy atom. The molecule has 6 aromatic carbocycles. The van der Waals surface area contributed by atoms with E-state index in [0.29, 0.717) is 65.9 Å². The summed E-state index contributed by atoms with van der Waals surface area (Å²) in [5, 5.41) is 16.3. The molecule has 0 N–H and O–H groups in total. The Hall–Kier alpha value is -6.54. The second kappa shape index (κ2) is 11.1. The van der Waals surface area contributed by atoms with Gasteiger partial charge in [-0.05, 0) is 58.7 Å². The predicted octanol–water partition coefficient (Wildman–Crippen LogP) is 8.21. The van der Waals surface area contributed by atoms with Gasteiger partial charge in [0, 0.05) is 21.5 Å². The van der Waals surface area contributed by atoms with Crippen LogP contribution in [0.3, 0.4) is 0 Å². The molecule has 7 aromatic rings. The first kappa shape index (κ1) is 30.1. The van der Waals surface area contributed by atoms with E-state index in [2.05, 4.69) is 24.5 Å². The van der Waals surface area contributed by atoms with E-state index >= 15 is 0 Å². The highest BCUT2D eigenvalue weighted by Crippen LogP contribution is 2.34. The van der Waals surface area contributed by atoms with Crippen molar-refractivity contribution >= 4 is 43.6 Å². The molecule has 0 aliphatic carbocycles. The van der Waals surface area contributed by atoms with E-state index in [1.54, 1.807) is 42.6 Å². The third-order valence-electron chi connectivity index (χ3n) is 7.56. The number of hydrogen-bond donors (Lipinski definition) is 0. The van der Waals surface area contributed by atoms with Gasteiger partial charge < -0.3 is 9.47 Å². The van der Waals surface area contributed by atoms with E-state index in [1.807, 2.05) is 0 Å². The van der Waals surface area contributed by atoms with Crippen molar-refractivity contribution in [1.29, 1.82) is 5.26 Å². The molecular weight excluding hydrogens is 638 g/mol. The zero-order valence-electron chi connectivity index (χ0n) is 23.9. The van der Waals surface area contributed by atoms with Crippen molar-refractivity contribution in [3.8, 4) is 39.9 Å². The first-order valence-corrected chi connectivity index (χ1v) is 13.8. The number of rotatable bonds is 4. The summed E-state index contributed by atoms with van der Waals surface area (Å²) in [7, 11) is 0. The zero-order chi connectivity index (χ0) is 33.8. The standard InChI is InChI=1S/C34H14F6N6O2/c1-42-46-30-26-15-20(18-4-10-22(11-5-18)48-34(38,39)40)7-13-24(26)29-32(30)45-28-23-12-6-19(14-25(23)27(43-16-41)31(28)44-29)17-2-8-21(9-3-17)47-33(35,36)37/h2-15H/b43-27?,46-30-. The Morgan fingerprint density at radius 2 is 1.00 bits per heavy atom. The molecule has 234 valence electrons. The minimum atomic E-state index is -4.82. The molecule has 8 nitrogen and oxygen atoms in total. The average molecular weight is 653 g/mol. The summed E-state index contributed by atoms with van der Waals surface area (Å²) >= 11 is 0. The SMILES string of the molecule is [C-]#[N+]/N=c1/c2cc(-c3ccc(OC(F)(F)F)cc3)ccc2c2nc3c(=NC#N)c4cc(-c5ccc(OC(F)(F)F)cc5)ccc4c3nc12. The molecule has 48 heavy (non-hydrogen) atoms. The Morgan fingerprint density at radius 1 is 0.583 bits per heavy atom. The zero-order valence-corrected chi connectivity index (χ0v) is 23.9. The summed E-state index contributed by atoms with van der Waals surface area (Å²) in [5.74, 6) is -0.735. The van der Waals surface area contributed by atoms with Gasteiger partial charge in [0.25, 0.3) is 0 Å². The van der Waals surface area contributed by atoms with Gasteiger partial charge in [0.2, 0.25) is 6.19 Å². The molecule has 0 atom stereocenters. The van der Waals surface area contributed by atoms with Gasteiger partial charge in [0.15, 0.2) is 5.36 Å². The Balaban J connectivity index is 1.38. The normalized spacial score (nSPS) is 13.0. The number of aromatic nitrogens is 2. The quantitative estimate of drug-likeness (QED) is 0.0827. The lowest BCUT2D eigenvalue weighted by Crippen LogP contribution is -2.16. The summed E-state index contributed by atoms with van der Waals surface area (Å²) in [5.41, 5.74) is 3.86. The second-order valence-corrected chi connectivity index (χ2v) is 10.4. The molecule has 0 fully saturated rings. The summed E-state index contributed by atoms with van der Waals surface area (Å²) < 4.78 is 83.6. The van der Waals surface area contributed by atoms with E-state index in [-0.39, 0.29) is 22.2 Å². The van der Waals surface area contributed by atoms with Crippen LogP contribution in [0.5, 0.6) is 11.5 Å². The molecule has 0 amide bonds. The van der Waals surface area contributed by atoms with Crippen LogP contribution in [0.2, 0.25) is 0 Å². The third-order valence-corrected chi connectivity index (χ3v) is 7.56. The second-order valence-electron chi connectivity index (χ2n) is 10.4. The lowest BCUT2D eigenvalue weighted by molar-refractivity contribution is -0.275. The molecule has 1 heterocycles. The first-order valence-electron chi connectivity index (χ1n) is 13.8. The number of fused-ring (bicyclic) bond motifs is 6. The number of nitrogens with zero attached hydrogens (tertiary/aromatic N) is 6. The maximum Gasteiger partial charge on any atom is 0.573 e. The molecule has 0 bridgehead atoms. The Labute approximate surface area is 264 Å². The van der Waals surface area contributed by atoms with E-state index in [1.165, 1.54) is 48.5 Å². The van der Waals surface area contributed by atoms with Crippen molar-refractivity contribution in [1.82, 2.24) is 9.97 Å². The number of halogens is 6. The summed E-state index contributed by atoms with van der Waals surface area (Å²) in [6.45, 7) is 7.45. The average Bonchev–Trinajstić information content (AvgIpc) is 3.50. The number of alkyl halides is 6. The number of ether oxygens (including phenoxy) is 2. The molecule has 0 unspecified atom stereocenters. The molecule has 0 saturated heterocycles. The lowest BCUT2D eigenvalue weighted by Gasteiger charge is -2.09. The molecular formula is C34H14F6N6O2. The molecule has 7 rings (SSSR count). The van der Waals surface area contributed by atoms with E-state index in [9.17, 15) is 31.6 Å². The largest absolute Gasteiger partial charge is 0.573 e. The minimum absolute atomic E-state index is 0.242. The van der Waals surface area contributed by atoms with Gasteiger partial charge in [0.1, 0.15) is 27.9 Å². The van der Waals surface area contributed by atoms with Crippen molar-refractivity contribution in [3.63, 3.8) is 0 Å². The maximum absolute atomic E-state index is 12.6. The monoisotopic (exact) mass is 652 g/mol. The third kappa shape index (κ3) is 5.45. The molecule has 0 saturated carbocycles. The maximum atomic E-state index is 12.6. The van der Waals surface area contributed by atoms with Crippen molar-refractivity contribution in [3.05, 3.63) is 107 Å². The van der Waals surface area contributed by atoms with Gasteiger partial charge in [-0.3, -0.25) is 0 Å².